The van der Waals surface area contributed by atoms with Gasteiger partial charge in [-0.05, 0) is 36.4 Å². The van der Waals surface area contributed by atoms with Crippen molar-refractivity contribution in [2.75, 3.05) is 25.5 Å². The third-order valence-corrected chi connectivity index (χ3v) is 3.59. The Hall–Kier alpha value is -3.22. The molecule has 0 saturated carbocycles. The maximum atomic E-state index is 12.8. The molecule has 2 N–H and O–H groups in total. The first-order valence-corrected chi connectivity index (χ1v) is 8.08. The summed E-state index contributed by atoms with van der Waals surface area (Å²) in [7, 11) is 1.51. The molecule has 0 saturated heterocycles. The average molecular weight is 357 g/mol. The zero-order valence-electron chi connectivity index (χ0n) is 14.4. The maximum Gasteiger partial charge on any atom is 0.251 e. The molecule has 7 heteroatoms. The topological polar surface area (TPSA) is 78.5 Å². The number of likely N-dealkylation sites (N-methyl/N-ethyl adjacent to an activating group) is 1. The Morgan fingerprint density at radius 2 is 1.65 bits per heavy atom. The second-order valence-corrected chi connectivity index (χ2v) is 5.68. The highest BCUT2D eigenvalue weighted by molar-refractivity contribution is 5.95. The Morgan fingerprint density at radius 1 is 1.00 bits per heavy atom. The fourth-order valence-electron chi connectivity index (χ4n) is 2.20. The van der Waals surface area contributed by atoms with Gasteiger partial charge < -0.3 is 15.5 Å². The molecule has 2 aromatic rings. The van der Waals surface area contributed by atoms with E-state index in [2.05, 4.69) is 10.6 Å². The van der Waals surface area contributed by atoms with E-state index in [1.165, 1.54) is 36.2 Å². The van der Waals surface area contributed by atoms with Gasteiger partial charge in [0.25, 0.3) is 5.91 Å². The molecule has 0 fully saturated rings. The number of benzene rings is 2. The number of carbonyl (C=O) groups excluding carboxylic acids is 3. The summed E-state index contributed by atoms with van der Waals surface area (Å²) in [5.74, 6) is -1.31. The fraction of sp³-hybridized carbons (Fsp3) is 0.211. The molecule has 0 aliphatic carbocycles. The highest BCUT2D eigenvalue weighted by Crippen LogP contribution is 2.08. The lowest BCUT2D eigenvalue weighted by Crippen LogP contribution is -2.37. The summed E-state index contributed by atoms with van der Waals surface area (Å²) in [5, 5.41) is 5.24. The van der Waals surface area contributed by atoms with Gasteiger partial charge in [0.05, 0.1) is 6.54 Å². The third kappa shape index (κ3) is 6.01. The Morgan fingerprint density at radius 3 is 2.31 bits per heavy atom. The van der Waals surface area contributed by atoms with E-state index >= 15 is 0 Å². The zero-order chi connectivity index (χ0) is 18.9. The van der Waals surface area contributed by atoms with Crippen LogP contribution in [0.25, 0.3) is 0 Å². The minimum absolute atomic E-state index is 0.0822. The number of nitrogens with zero attached hydrogens (tertiary/aromatic N) is 1. The summed E-state index contributed by atoms with van der Waals surface area (Å²) in [4.78, 5) is 37.1. The summed E-state index contributed by atoms with van der Waals surface area (Å²) in [6, 6.07) is 14.0. The molecule has 2 rings (SSSR count). The largest absolute Gasteiger partial charge is 0.352 e. The second kappa shape index (κ2) is 9.31. The zero-order valence-corrected chi connectivity index (χ0v) is 14.4. The molecule has 0 spiro atoms. The van der Waals surface area contributed by atoms with E-state index in [0.29, 0.717) is 11.3 Å². The fourth-order valence-corrected chi connectivity index (χ4v) is 2.20. The van der Waals surface area contributed by atoms with Gasteiger partial charge in [-0.25, -0.2) is 4.39 Å². The number of rotatable bonds is 7. The van der Waals surface area contributed by atoms with E-state index in [1.807, 2.05) is 6.07 Å². The third-order valence-electron chi connectivity index (χ3n) is 3.59. The number of hydrogen-bond donors (Lipinski definition) is 2. The monoisotopic (exact) mass is 357 g/mol. The van der Waals surface area contributed by atoms with Gasteiger partial charge in [-0.15, -0.1) is 0 Å². The Kier molecular flexibility index (Phi) is 6.84. The quantitative estimate of drug-likeness (QED) is 0.796. The second-order valence-electron chi connectivity index (χ2n) is 5.68. The van der Waals surface area contributed by atoms with Gasteiger partial charge in [-0.3, -0.25) is 14.4 Å². The Labute approximate surface area is 151 Å². The van der Waals surface area contributed by atoms with Gasteiger partial charge in [-0.1, -0.05) is 18.2 Å². The van der Waals surface area contributed by atoms with Crippen molar-refractivity contribution in [2.45, 2.75) is 6.42 Å². The molecule has 0 atom stereocenters. The molecule has 6 nitrogen and oxygen atoms in total. The maximum absolute atomic E-state index is 12.8. The van der Waals surface area contributed by atoms with Gasteiger partial charge in [0.15, 0.2) is 0 Å². The van der Waals surface area contributed by atoms with Crippen molar-refractivity contribution in [3.05, 3.63) is 66.0 Å². The smallest absolute Gasteiger partial charge is 0.251 e. The molecule has 26 heavy (non-hydrogen) atoms. The molecule has 0 heterocycles. The summed E-state index contributed by atoms with van der Waals surface area (Å²) in [6.45, 7) is 0.0410. The van der Waals surface area contributed by atoms with Crippen LogP contribution in [0.4, 0.5) is 10.1 Å². The first-order valence-electron chi connectivity index (χ1n) is 8.08. The highest BCUT2D eigenvalue weighted by atomic mass is 19.1. The van der Waals surface area contributed by atoms with Crippen LogP contribution < -0.4 is 10.6 Å². The number of carbonyl (C=O) groups is 3. The minimum atomic E-state index is -0.396. The van der Waals surface area contributed by atoms with Crippen LogP contribution >= 0.6 is 0 Å². The van der Waals surface area contributed by atoms with Crippen LogP contribution in [0.1, 0.15) is 16.8 Å². The lowest BCUT2D eigenvalue weighted by Gasteiger charge is -2.17. The van der Waals surface area contributed by atoms with Crippen molar-refractivity contribution in [2.24, 2.45) is 0 Å². The van der Waals surface area contributed by atoms with Crippen molar-refractivity contribution in [1.82, 2.24) is 10.2 Å². The van der Waals surface area contributed by atoms with Crippen LogP contribution in [-0.2, 0) is 9.59 Å². The molecule has 0 aliphatic rings. The van der Waals surface area contributed by atoms with E-state index in [-0.39, 0.29) is 37.2 Å². The van der Waals surface area contributed by atoms with Gasteiger partial charge in [0, 0.05) is 31.3 Å². The van der Waals surface area contributed by atoms with Gasteiger partial charge in [0.2, 0.25) is 11.8 Å². The number of nitrogens with one attached hydrogen (secondary N) is 2. The first-order chi connectivity index (χ1) is 12.5. The van der Waals surface area contributed by atoms with E-state index < -0.39 is 5.82 Å². The average Bonchev–Trinajstić information content (AvgIpc) is 2.64. The van der Waals surface area contributed by atoms with Gasteiger partial charge >= 0.3 is 0 Å². The van der Waals surface area contributed by atoms with Crippen molar-refractivity contribution < 1.29 is 18.8 Å². The van der Waals surface area contributed by atoms with E-state index in [9.17, 15) is 18.8 Å². The highest BCUT2D eigenvalue weighted by Gasteiger charge is 2.13. The number of anilines is 1. The predicted octanol–water partition coefficient (Wildman–Crippen LogP) is 2.04. The van der Waals surface area contributed by atoms with Gasteiger partial charge in [0.1, 0.15) is 5.82 Å². The molecule has 3 amide bonds. The summed E-state index contributed by atoms with van der Waals surface area (Å²) < 4.78 is 12.8. The Balaban J connectivity index is 1.72. The standard InChI is InChI=1S/C19H20FN3O3/c1-23(13-17(24)22-16-9-7-15(20)8-10-16)18(25)11-12-21-19(26)14-5-3-2-4-6-14/h2-10H,11-13H2,1H3,(H,21,26)(H,22,24). The van der Waals surface area contributed by atoms with Crippen molar-refractivity contribution in [1.29, 1.82) is 0 Å². The summed E-state index contributed by atoms with van der Waals surface area (Å²) >= 11 is 0. The van der Waals surface area contributed by atoms with Crippen LogP contribution in [0, 0.1) is 5.82 Å². The van der Waals surface area contributed by atoms with Gasteiger partial charge in [-0.2, -0.15) is 0 Å². The molecule has 2 aromatic carbocycles. The minimum Gasteiger partial charge on any atom is -0.352 e. The van der Waals surface area contributed by atoms with Crippen LogP contribution in [0.5, 0.6) is 0 Å². The molecule has 0 unspecified atom stereocenters. The van der Waals surface area contributed by atoms with Crippen LogP contribution in [0.3, 0.4) is 0 Å². The van der Waals surface area contributed by atoms with Crippen molar-refractivity contribution >= 4 is 23.4 Å². The molecule has 136 valence electrons. The molecule has 0 aromatic heterocycles. The molecule has 0 bridgehead atoms. The summed E-state index contributed by atoms with van der Waals surface area (Å²) in [5.41, 5.74) is 0.972. The van der Waals surface area contributed by atoms with Crippen LogP contribution in [0.2, 0.25) is 0 Å². The lowest BCUT2D eigenvalue weighted by atomic mass is 10.2. The Bertz CT molecular complexity index is 763. The normalized spacial score (nSPS) is 10.1. The van der Waals surface area contributed by atoms with E-state index in [1.54, 1.807) is 24.3 Å². The molecular weight excluding hydrogens is 337 g/mol. The predicted molar refractivity (Wildman–Crippen MR) is 96.1 cm³/mol. The molecule has 0 radical (unpaired) electrons. The van der Waals surface area contributed by atoms with E-state index in [0.717, 1.165) is 0 Å². The van der Waals surface area contributed by atoms with Crippen LogP contribution in [0.15, 0.2) is 54.6 Å². The molecular formula is C19H20FN3O3. The SMILES string of the molecule is CN(CC(=O)Nc1ccc(F)cc1)C(=O)CCNC(=O)c1ccccc1. The first kappa shape index (κ1) is 19.1. The number of amides is 3. The lowest BCUT2D eigenvalue weighted by molar-refractivity contribution is -0.133. The van der Waals surface area contributed by atoms with Crippen LogP contribution in [-0.4, -0.2) is 42.8 Å². The number of hydrogen-bond acceptors (Lipinski definition) is 3. The number of halogens is 1. The summed E-state index contributed by atoms with van der Waals surface area (Å²) in [6.07, 6.45) is 0.0822. The molecule has 0 aliphatic heterocycles. The van der Waals surface area contributed by atoms with E-state index in [4.69, 9.17) is 0 Å². The van der Waals surface area contributed by atoms with Crippen molar-refractivity contribution in [3.8, 4) is 0 Å². The van der Waals surface area contributed by atoms with Crippen molar-refractivity contribution in [3.63, 3.8) is 0 Å².